The van der Waals surface area contributed by atoms with Crippen LogP contribution in [0.4, 0.5) is 11.4 Å². The number of rotatable bonds is 4. The van der Waals surface area contributed by atoms with Crippen LogP contribution in [0.3, 0.4) is 0 Å². The van der Waals surface area contributed by atoms with Gasteiger partial charge in [0, 0.05) is 24.5 Å². The van der Waals surface area contributed by atoms with Crippen LogP contribution in [0.1, 0.15) is 32.8 Å². The Kier molecular flexibility index (Phi) is 4.22. The van der Waals surface area contributed by atoms with Crippen LogP contribution in [-0.2, 0) is 0 Å². The van der Waals surface area contributed by atoms with Gasteiger partial charge in [0.1, 0.15) is 0 Å². The van der Waals surface area contributed by atoms with Gasteiger partial charge in [0.15, 0.2) is 0 Å². The summed E-state index contributed by atoms with van der Waals surface area (Å²) >= 11 is 0. The van der Waals surface area contributed by atoms with Crippen LogP contribution in [0.5, 0.6) is 0 Å². The molecule has 0 aromatic heterocycles. The molecule has 0 amide bonds. The molecule has 0 aliphatic heterocycles. The van der Waals surface area contributed by atoms with E-state index in [2.05, 4.69) is 45.7 Å². The molecule has 0 aliphatic carbocycles. The van der Waals surface area contributed by atoms with Crippen molar-refractivity contribution in [2.75, 3.05) is 17.7 Å². The van der Waals surface area contributed by atoms with Crippen molar-refractivity contribution < 1.29 is 0 Å². The average Bonchev–Trinajstić information content (AvgIpc) is 2.15. The lowest BCUT2D eigenvalue weighted by atomic mass is 10.0. The zero-order valence-electron chi connectivity index (χ0n) is 11.1. The molecule has 2 N–H and O–H groups in total. The third-order valence-corrected chi connectivity index (χ3v) is 3.07. The number of nitrogens with zero attached hydrogens (tertiary/aromatic N) is 1. The van der Waals surface area contributed by atoms with Crippen LogP contribution in [0.25, 0.3) is 0 Å². The van der Waals surface area contributed by atoms with Gasteiger partial charge >= 0.3 is 0 Å². The van der Waals surface area contributed by atoms with E-state index in [-0.39, 0.29) is 0 Å². The molecule has 1 rings (SSSR count). The van der Waals surface area contributed by atoms with E-state index in [1.54, 1.807) is 0 Å². The molecule has 2 nitrogen and oxygen atoms in total. The topological polar surface area (TPSA) is 29.3 Å². The average molecular weight is 220 g/mol. The van der Waals surface area contributed by atoms with Crippen molar-refractivity contribution in [2.45, 2.75) is 40.2 Å². The van der Waals surface area contributed by atoms with Crippen molar-refractivity contribution in [1.29, 1.82) is 0 Å². The van der Waals surface area contributed by atoms with Crippen LogP contribution in [0.15, 0.2) is 18.2 Å². The van der Waals surface area contributed by atoms with Gasteiger partial charge in [-0.25, -0.2) is 0 Å². The first-order valence-electron chi connectivity index (χ1n) is 6.00. The van der Waals surface area contributed by atoms with Crippen molar-refractivity contribution >= 4 is 11.4 Å². The minimum Gasteiger partial charge on any atom is -0.399 e. The maximum absolute atomic E-state index is 5.77. The number of benzene rings is 1. The van der Waals surface area contributed by atoms with E-state index in [1.165, 1.54) is 17.7 Å². The molecule has 1 atom stereocenters. The normalized spacial score (nSPS) is 12.9. The summed E-state index contributed by atoms with van der Waals surface area (Å²) < 4.78 is 0. The first-order valence-corrected chi connectivity index (χ1v) is 6.00. The SMILES string of the molecule is Cc1cc(N)ccc1N(C)C(C)CC(C)C. The molecule has 0 spiro atoms. The number of anilines is 2. The Bertz CT molecular complexity index is 345. The maximum Gasteiger partial charge on any atom is 0.0397 e. The Balaban J connectivity index is 2.83. The summed E-state index contributed by atoms with van der Waals surface area (Å²) in [5.41, 5.74) is 9.13. The number of hydrogen-bond donors (Lipinski definition) is 1. The van der Waals surface area contributed by atoms with Crippen molar-refractivity contribution in [2.24, 2.45) is 5.92 Å². The number of hydrogen-bond acceptors (Lipinski definition) is 2. The summed E-state index contributed by atoms with van der Waals surface area (Å²) in [5.74, 6) is 0.728. The minimum absolute atomic E-state index is 0.558. The molecular weight excluding hydrogens is 196 g/mol. The van der Waals surface area contributed by atoms with Crippen LogP contribution in [-0.4, -0.2) is 13.1 Å². The number of aryl methyl sites for hydroxylation is 1. The smallest absolute Gasteiger partial charge is 0.0397 e. The molecule has 0 saturated carbocycles. The van der Waals surface area contributed by atoms with Crippen molar-refractivity contribution in [3.63, 3.8) is 0 Å². The molecule has 90 valence electrons. The molecule has 0 fully saturated rings. The molecule has 0 saturated heterocycles. The Morgan fingerprint density at radius 3 is 2.38 bits per heavy atom. The molecule has 0 radical (unpaired) electrons. The van der Waals surface area contributed by atoms with E-state index in [1.807, 2.05) is 12.1 Å². The van der Waals surface area contributed by atoms with Crippen LogP contribution < -0.4 is 10.6 Å². The maximum atomic E-state index is 5.77. The van der Waals surface area contributed by atoms with Crippen molar-refractivity contribution in [1.82, 2.24) is 0 Å². The zero-order valence-corrected chi connectivity index (χ0v) is 11.1. The summed E-state index contributed by atoms with van der Waals surface area (Å²) in [6.45, 7) is 8.92. The highest BCUT2D eigenvalue weighted by Gasteiger charge is 2.13. The van der Waals surface area contributed by atoms with Crippen LogP contribution in [0.2, 0.25) is 0 Å². The molecule has 0 aliphatic rings. The molecule has 1 unspecified atom stereocenters. The first kappa shape index (κ1) is 12.9. The summed E-state index contributed by atoms with van der Waals surface area (Å²) in [7, 11) is 2.16. The van der Waals surface area contributed by atoms with Gasteiger partial charge in [-0.05, 0) is 49.9 Å². The molecule has 1 aromatic carbocycles. The number of nitrogens with two attached hydrogens (primary N) is 1. The third-order valence-electron chi connectivity index (χ3n) is 3.07. The monoisotopic (exact) mass is 220 g/mol. The summed E-state index contributed by atoms with van der Waals surface area (Å²) in [4.78, 5) is 2.34. The zero-order chi connectivity index (χ0) is 12.3. The van der Waals surface area contributed by atoms with Crippen molar-refractivity contribution in [3.05, 3.63) is 23.8 Å². The van der Waals surface area contributed by atoms with E-state index in [0.29, 0.717) is 6.04 Å². The standard InChI is InChI=1S/C14H24N2/c1-10(2)8-12(4)16(5)14-7-6-13(15)9-11(14)3/h6-7,9-10,12H,8,15H2,1-5H3. The van der Waals surface area contributed by atoms with E-state index in [9.17, 15) is 0 Å². The highest BCUT2D eigenvalue weighted by molar-refractivity contribution is 5.59. The Morgan fingerprint density at radius 2 is 1.88 bits per heavy atom. The fourth-order valence-electron chi connectivity index (χ4n) is 2.15. The minimum atomic E-state index is 0.558. The van der Waals surface area contributed by atoms with Gasteiger partial charge in [0.05, 0.1) is 0 Å². The lowest BCUT2D eigenvalue weighted by molar-refractivity contribution is 0.504. The van der Waals surface area contributed by atoms with Crippen molar-refractivity contribution in [3.8, 4) is 0 Å². The lowest BCUT2D eigenvalue weighted by Gasteiger charge is -2.29. The second-order valence-electron chi connectivity index (χ2n) is 5.14. The Hall–Kier alpha value is -1.18. The predicted molar refractivity (Wildman–Crippen MR) is 72.9 cm³/mol. The van der Waals surface area contributed by atoms with Gasteiger partial charge in [-0.3, -0.25) is 0 Å². The second kappa shape index (κ2) is 5.24. The Morgan fingerprint density at radius 1 is 1.25 bits per heavy atom. The fraction of sp³-hybridized carbons (Fsp3) is 0.571. The lowest BCUT2D eigenvalue weighted by Crippen LogP contribution is -2.30. The van der Waals surface area contributed by atoms with Gasteiger partial charge in [0.25, 0.3) is 0 Å². The Labute approximate surface area is 99.5 Å². The van der Waals surface area contributed by atoms with E-state index in [4.69, 9.17) is 5.73 Å². The molecule has 2 heteroatoms. The second-order valence-corrected chi connectivity index (χ2v) is 5.14. The third kappa shape index (κ3) is 3.16. The summed E-state index contributed by atoms with van der Waals surface area (Å²) in [5, 5.41) is 0. The summed E-state index contributed by atoms with van der Waals surface area (Å²) in [6.07, 6.45) is 1.21. The first-order chi connectivity index (χ1) is 7.41. The molecule has 0 bridgehead atoms. The predicted octanol–water partition coefficient (Wildman–Crippen LogP) is 3.45. The van der Waals surface area contributed by atoms with E-state index in [0.717, 1.165) is 11.6 Å². The fourth-order valence-corrected chi connectivity index (χ4v) is 2.15. The van der Waals surface area contributed by atoms with Gasteiger partial charge < -0.3 is 10.6 Å². The highest BCUT2D eigenvalue weighted by atomic mass is 15.1. The molecule has 0 heterocycles. The van der Waals surface area contributed by atoms with Crippen LogP contribution >= 0.6 is 0 Å². The quantitative estimate of drug-likeness (QED) is 0.787. The summed E-state index contributed by atoms with van der Waals surface area (Å²) in [6, 6.07) is 6.68. The molecule has 1 aromatic rings. The number of nitrogen functional groups attached to an aromatic ring is 1. The largest absolute Gasteiger partial charge is 0.399 e. The van der Waals surface area contributed by atoms with Gasteiger partial charge in [-0.1, -0.05) is 13.8 Å². The van der Waals surface area contributed by atoms with E-state index >= 15 is 0 Å². The van der Waals surface area contributed by atoms with Gasteiger partial charge in [-0.2, -0.15) is 0 Å². The van der Waals surface area contributed by atoms with Gasteiger partial charge in [-0.15, -0.1) is 0 Å². The highest BCUT2D eigenvalue weighted by Crippen LogP contribution is 2.24. The molecular formula is C14H24N2. The van der Waals surface area contributed by atoms with Crippen LogP contribution in [0, 0.1) is 12.8 Å². The van der Waals surface area contributed by atoms with E-state index < -0.39 is 0 Å². The van der Waals surface area contributed by atoms with Gasteiger partial charge in [0.2, 0.25) is 0 Å². The molecule has 16 heavy (non-hydrogen) atoms.